The van der Waals surface area contributed by atoms with Crippen molar-refractivity contribution in [3.05, 3.63) is 33.8 Å². The van der Waals surface area contributed by atoms with Gasteiger partial charge in [-0.05, 0) is 45.4 Å². The van der Waals surface area contributed by atoms with Gasteiger partial charge in [0.2, 0.25) is 15.2 Å². The molecule has 2 rings (SSSR count). The molecule has 7 nitrogen and oxygen atoms in total. The van der Waals surface area contributed by atoms with Crippen LogP contribution >= 0.6 is 22.9 Å². The van der Waals surface area contributed by atoms with Crippen LogP contribution in [0.25, 0.3) is 0 Å². The first-order chi connectivity index (χ1) is 13.0. The predicted octanol–water partition coefficient (Wildman–Crippen LogP) is 4.25. The lowest BCUT2D eigenvalue weighted by atomic mass is 10.1. The third kappa shape index (κ3) is 6.51. The topological polar surface area (TPSA) is 101 Å². The smallest absolute Gasteiger partial charge is 0.257 e. The second kappa shape index (κ2) is 9.30. The first-order valence-corrected chi connectivity index (χ1v) is 11.7. The zero-order valence-electron chi connectivity index (χ0n) is 16.4. The Morgan fingerprint density at radius 3 is 2.57 bits per heavy atom. The number of carbonyl (C=O) groups is 1. The van der Waals surface area contributed by atoms with Crippen molar-refractivity contribution in [2.24, 2.45) is 0 Å². The van der Waals surface area contributed by atoms with Crippen molar-refractivity contribution in [2.45, 2.75) is 63.8 Å². The highest BCUT2D eigenvalue weighted by molar-refractivity contribution is 7.89. The van der Waals surface area contributed by atoms with Crippen LogP contribution in [0.4, 0.5) is 5.13 Å². The first-order valence-electron chi connectivity index (χ1n) is 8.99. The van der Waals surface area contributed by atoms with Gasteiger partial charge >= 0.3 is 0 Å². The molecule has 0 saturated heterocycles. The van der Waals surface area contributed by atoms with Gasteiger partial charge in [0.05, 0.1) is 5.02 Å². The van der Waals surface area contributed by atoms with Gasteiger partial charge in [-0.25, -0.2) is 13.1 Å². The van der Waals surface area contributed by atoms with Crippen molar-refractivity contribution in [3.8, 4) is 0 Å². The number of hydrogen-bond acceptors (Lipinski definition) is 6. The Morgan fingerprint density at radius 1 is 1.21 bits per heavy atom. The first kappa shape index (κ1) is 22.7. The number of nitrogens with zero attached hydrogens (tertiary/aromatic N) is 2. The van der Waals surface area contributed by atoms with E-state index in [4.69, 9.17) is 11.6 Å². The molecule has 10 heteroatoms. The largest absolute Gasteiger partial charge is 0.296 e. The summed E-state index contributed by atoms with van der Waals surface area (Å²) in [5, 5.41) is 12.0. The highest BCUT2D eigenvalue weighted by Gasteiger charge is 2.25. The van der Waals surface area contributed by atoms with E-state index < -0.39 is 21.5 Å². The van der Waals surface area contributed by atoms with Gasteiger partial charge in [0.15, 0.2) is 0 Å². The quantitative estimate of drug-likeness (QED) is 0.592. The number of amides is 1. The third-order valence-corrected chi connectivity index (χ3v) is 6.74. The number of rotatable bonds is 8. The van der Waals surface area contributed by atoms with E-state index in [0.717, 1.165) is 30.7 Å². The summed E-state index contributed by atoms with van der Waals surface area (Å²) in [7, 11) is -3.87. The van der Waals surface area contributed by atoms with E-state index in [1.807, 2.05) is 0 Å². The van der Waals surface area contributed by atoms with Crippen LogP contribution in [0.15, 0.2) is 23.1 Å². The molecule has 0 spiro atoms. The molecule has 2 N–H and O–H groups in total. The lowest BCUT2D eigenvalue weighted by molar-refractivity contribution is 0.102. The van der Waals surface area contributed by atoms with Crippen molar-refractivity contribution in [2.75, 3.05) is 5.32 Å². The molecule has 0 aliphatic rings. The number of hydrogen-bond donors (Lipinski definition) is 2. The summed E-state index contributed by atoms with van der Waals surface area (Å²) in [5.74, 6) is -0.472. The van der Waals surface area contributed by atoms with Crippen LogP contribution in [0.3, 0.4) is 0 Å². The average molecular weight is 445 g/mol. The number of sulfonamides is 1. The van der Waals surface area contributed by atoms with E-state index in [0.29, 0.717) is 5.13 Å². The number of unbranched alkanes of at least 4 members (excludes halogenated alkanes) is 2. The molecular formula is C18H25ClN4O3S2. The molecular weight excluding hydrogens is 420 g/mol. The lowest BCUT2D eigenvalue weighted by Gasteiger charge is -2.21. The standard InChI is InChI=1S/C18H25ClN4O3S2/c1-5-6-7-8-15-21-22-17(27-15)20-16(24)12-9-10-13(19)14(11-12)28(25,26)23-18(2,3)4/h9-11,23H,5-8H2,1-4H3,(H,20,22,24). The molecule has 154 valence electrons. The molecule has 1 amide bonds. The molecule has 0 saturated carbocycles. The SMILES string of the molecule is CCCCCc1nnc(NC(=O)c2ccc(Cl)c(S(=O)(=O)NC(C)(C)C)c2)s1. The van der Waals surface area contributed by atoms with Crippen LogP contribution in [-0.2, 0) is 16.4 Å². The highest BCUT2D eigenvalue weighted by atomic mass is 35.5. The molecule has 0 atom stereocenters. The van der Waals surface area contributed by atoms with E-state index in [2.05, 4.69) is 27.2 Å². The maximum absolute atomic E-state index is 12.6. The minimum atomic E-state index is -3.87. The molecule has 1 aromatic carbocycles. The molecule has 2 aromatic rings. The summed E-state index contributed by atoms with van der Waals surface area (Å²) in [4.78, 5) is 12.4. The van der Waals surface area contributed by atoms with Gasteiger partial charge in [0.25, 0.3) is 5.91 Å². The maximum Gasteiger partial charge on any atom is 0.257 e. The van der Waals surface area contributed by atoms with Crippen LogP contribution in [0, 0.1) is 0 Å². The van der Waals surface area contributed by atoms with Crippen LogP contribution < -0.4 is 10.0 Å². The van der Waals surface area contributed by atoms with Gasteiger partial charge in [-0.15, -0.1) is 10.2 Å². The summed E-state index contributed by atoms with van der Waals surface area (Å²) in [6, 6.07) is 4.12. The average Bonchev–Trinajstić information content (AvgIpc) is 3.00. The minimum Gasteiger partial charge on any atom is -0.296 e. The Hall–Kier alpha value is -1.55. The number of halogens is 1. The molecule has 0 fully saturated rings. The molecule has 0 radical (unpaired) electrons. The fourth-order valence-corrected chi connectivity index (χ4v) is 5.13. The van der Waals surface area contributed by atoms with Gasteiger partial charge in [-0.2, -0.15) is 0 Å². The maximum atomic E-state index is 12.6. The Labute approximate surface area is 175 Å². The molecule has 0 aliphatic heterocycles. The summed E-state index contributed by atoms with van der Waals surface area (Å²) < 4.78 is 27.7. The van der Waals surface area contributed by atoms with Gasteiger partial charge in [0.1, 0.15) is 9.90 Å². The van der Waals surface area contributed by atoms with E-state index in [1.165, 1.54) is 29.5 Å². The second-order valence-corrected chi connectivity index (χ2v) is 10.5. The summed E-state index contributed by atoms with van der Waals surface area (Å²) >= 11 is 7.38. The molecule has 28 heavy (non-hydrogen) atoms. The molecule has 1 aromatic heterocycles. The Balaban J connectivity index is 2.16. The van der Waals surface area contributed by atoms with Gasteiger partial charge in [-0.3, -0.25) is 10.1 Å². The number of anilines is 1. The van der Waals surface area contributed by atoms with Gasteiger partial charge in [0, 0.05) is 17.5 Å². The number of aryl methyl sites for hydroxylation is 1. The monoisotopic (exact) mass is 444 g/mol. The molecule has 0 bridgehead atoms. The van der Waals surface area contributed by atoms with E-state index in [-0.39, 0.29) is 15.5 Å². The van der Waals surface area contributed by atoms with Crippen LogP contribution in [-0.4, -0.2) is 30.1 Å². The van der Waals surface area contributed by atoms with Crippen molar-refractivity contribution in [3.63, 3.8) is 0 Å². The highest BCUT2D eigenvalue weighted by Crippen LogP contribution is 2.25. The number of aromatic nitrogens is 2. The van der Waals surface area contributed by atoms with E-state index in [1.54, 1.807) is 20.8 Å². The van der Waals surface area contributed by atoms with Gasteiger partial charge < -0.3 is 0 Å². The fraction of sp³-hybridized carbons (Fsp3) is 0.500. The van der Waals surface area contributed by atoms with Crippen molar-refractivity contribution in [1.29, 1.82) is 0 Å². The van der Waals surface area contributed by atoms with Crippen molar-refractivity contribution in [1.82, 2.24) is 14.9 Å². The number of nitrogens with one attached hydrogen (secondary N) is 2. The van der Waals surface area contributed by atoms with Crippen LogP contribution in [0.1, 0.15) is 62.3 Å². The Kier molecular flexibility index (Phi) is 7.55. The van der Waals surface area contributed by atoms with E-state index >= 15 is 0 Å². The van der Waals surface area contributed by atoms with Crippen LogP contribution in [0.2, 0.25) is 5.02 Å². The molecule has 0 unspecified atom stereocenters. The Morgan fingerprint density at radius 2 is 1.93 bits per heavy atom. The van der Waals surface area contributed by atoms with Crippen LogP contribution in [0.5, 0.6) is 0 Å². The lowest BCUT2D eigenvalue weighted by Crippen LogP contribution is -2.40. The third-order valence-electron chi connectivity index (χ3n) is 3.60. The van der Waals surface area contributed by atoms with E-state index in [9.17, 15) is 13.2 Å². The summed E-state index contributed by atoms with van der Waals surface area (Å²) in [5.41, 5.74) is -0.511. The zero-order valence-corrected chi connectivity index (χ0v) is 18.8. The zero-order chi connectivity index (χ0) is 20.9. The number of carbonyl (C=O) groups excluding carboxylic acids is 1. The minimum absolute atomic E-state index is 0.0439. The summed E-state index contributed by atoms with van der Waals surface area (Å²) in [6.07, 6.45) is 4.08. The predicted molar refractivity (Wildman–Crippen MR) is 113 cm³/mol. The van der Waals surface area contributed by atoms with Crippen molar-refractivity contribution >= 4 is 44.0 Å². The Bertz CT molecular complexity index is 937. The van der Waals surface area contributed by atoms with Crippen molar-refractivity contribution < 1.29 is 13.2 Å². The van der Waals surface area contributed by atoms with Gasteiger partial charge in [-0.1, -0.05) is 42.7 Å². The molecule has 1 heterocycles. The molecule has 0 aliphatic carbocycles. The second-order valence-electron chi connectivity index (χ2n) is 7.41. The normalized spacial score (nSPS) is 12.2. The summed E-state index contributed by atoms with van der Waals surface area (Å²) in [6.45, 7) is 7.30. The fourth-order valence-electron chi connectivity index (χ4n) is 2.41. The number of benzene rings is 1.